The van der Waals surface area contributed by atoms with E-state index in [1.54, 1.807) is 12.1 Å². The Hall–Kier alpha value is -3.85. The zero-order valence-electron chi connectivity index (χ0n) is 24.3. The maximum Gasteiger partial charge on any atom is 0.255 e. The van der Waals surface area contributed by atoms with Gasteiger partial charge in [-0.05, 0) is 41.0 Å². The first-order valence-electron chi connectivity index (χ1n) is 15.1. The fourth-order valence-corrected chi connectivity index (χ4v) is 5.85. The molecule has 0 spiro atoms. The van der Waals surface area contributed by atoms with Crippen LogP contribution < -0.4 is 5.32 Å². The number of rotatable bonds is 9. The third-order valence-electron chi connectivity index (χ3n) is 8.24. The van der Waals surface area contributed by atoms with E-state index < -0.39 is 6.29 Å². The van der Waals surface area contributed by atoms with Crippen LogP contribution in [0.1, 0.15) is 51.4 Å². The zero-order chi connectivity index (χ0) is 29.4. The van der Waals surface area contributed by atoms with Crippen LogP contribution in [0, 0.1) is 0 Å². The molecule has 2 fully saturated rings. The van der Waals surface area contributed by atoms with Crippen molar-refractivity contribution in [1.82, 2.24) is 9.80 Å². The van der Waals surface area contributed by atoms with E-state index in [-0.39, 0.29) is 24.7 Å². The molecule has 2 saturated heterocycles. The molecule has 2 aliphatic rings. The molecule has 2 heterocycles. The number of carbonyl (C=O) groups is 1. The Morgan fingerprint density at radius 2 is 1.44 bits per heavy atom. The van der Waals surface area contributed by atoms with Gasteiger partial charge in [0.25, 0.3) is 5.91 Å². The minimum atomic E-state index is -0.575. The quantitative estimate of drug-likeness (QED) is 0.262. The first-order chi connectivity index (χ1) is 21.1. The first-order valence-corrected chi connectivity index (χ1v) is 15.1. The van der Waals surface area contributed by atoms with Gasteiger partial charge < -0.3 is 19.9 Å². The summed E-state index contributed by atoms with van der Waals surface area (Å²) in [5.41, 5.74) is 5.45. The molecule has 0 radical (unpaired) electrons. The van der Waals surface area contributed by atoms with Crippen molar-refractivity contribution < 1.29 is 19.4 Å². The summed E-state index contributed by atoms with van der Waals surface area (Å²) in [6.07, 6.45) is -0.0129. The van der Waals surface area contributed by atoms with Crippen LogP contribution in [0.5, 0.6) is 0 Å². The van der Waals surface area contributed by atoms with Gasteiger partial charge in [-0.1, -0.05) is 84.9 Å². The maximum atomic E-state index is 12.8. The molecule has 0 aliphatic carbocycles. The molecule has 4 aromatic rings. The Labute approximate surface area is 253 Å². The highest BCUT2D eigenvalue weighted by Crippen LogP contribution is 2.38. The fourth-order valence-electron chi connectivity index (χ4n) is 5.85. The molecule has 6 rings (SSSR count). The molecule has 4 aromatic carbocycles. The van der Waals surface area contributed by atoms with Crippen LogP contribution in [-0.4, -0.2) is 59.6 Å². The molecule has 1 amide bonds. The van der Waals surface area contributed by atoms with Crippen molar-refractivity contribution in [3.8, 4) is 0 Å². The highest BCUT2D eigenvalue weighted by Gasteiger charge is 2.34. The summed E-state index contributed by atoms with van der Waals surface area (Å²) in [6.45, 7) is 5.86. The molecule has 0 aromatic heterocycles. The van der Waals surface area contributed by atoms with E-state index >= 15 is 0 Å². The molecular weight excluding hydrogens is 538 g/mol. The largest absolute Gasteiger partial charge is 0.392 e. The number of hydrogen-bond donors (Lipinski definition) is 2. The summed E-state index contributed by atoms with van der Waals surface area (Å²) in [5, 5.41) is 12.5. The molecule has 2 aliphatic heterocycles. The van der Waals surface area contributed by atoms with Gasteiger partial charge in [-0.2, -0.15) is 0 Å². The van der Waals surface area contributed by atoms with Crippen LogP contribution in [-0.2, 0) is 22.6 Å². The summed E-state index contributed by atoms with van der Waals surface area (Å²) < 4.78 is 13.2. The van der Waals surface area contributed by atoms with Crippen molar-refractivity contribution in [2.45, 2.75) is 38.1 Å². The second-order valence-electron chi connectivity index (χ2n) is 11.4. The summed E-state index contributed by atoms with van der Waals surface area (Å²) in [6, 6.07) is 35.5. The predicted molar refractivity (Wildman–Crippen MR) is 167 cm³/mol. The van der Waals surface area contributed by atoms with Gasteiger partial charge in [0.05, 0.1) is 18.8 Å². The normalized spacial score (nSPS) is 21.4. The topological polar surface area (TPSA) is 74.3 Å². The summed E-state index contributed by atoms with van der Waals surface area (Å²) in [7, 11) is 0. The van der Waals surface area contributed by atoms with Crippen LogP contribution >= 0.6 is 0 Å². The molecule has 0 saturated carbocycles. The van der Waals surface area contributed by atoms with E-state index in [2.05, 4.69) is 45.4 Å². The number of amides is 1. The van der Waals surface area contributed by atoms with Crippen molar-refractivity contribution in [1.29, 1.82) is 0 Å². The second kappa shape index (κ2) is 14.1. The predicted octanol–water partition coefficient (Wildman–Crippen LogP) is 5.79. The van der Waals surface area contributed by atoms with Gasteiger partial charge in [-0.25, -0.2) is 0 Å². The van der Waals surface area contributed by atoms with E-state index in [9.17, 15) is 9.90 Å². The van der Waals surface area contributed by atoms with Crippen molar-refractivity contribution >= 4 is 11.6 Å². The Balaban J connectivity index is 1.14. The third kappa shape index (κ3) is 7.76. The van der Waals surface area contributed by atoms with Crippen LogP contribution in [0.4, 0.5) is 5.69 Å². The van der Waals surface area contributed by atoms with E-state index in [1.807, 2.05) is 66.7 Å². The summed E-state index contributed by atoms with van der Waals surface area (Å²) in [4.78, 5) is 17.8. The lowest BCUT2D eigenvalue weighted by atomic mass is 9.99. The van der Waals surface area contributed by atoms with Gasteiger partial charge in [0.15, 0.2) is 6.29 Å². The summed E-state index contributed by atoms with van der Waals surface area (Å²) >= 11 is 0. The van der Waals surface area contributed by atoms with Gasteiger partial charge in [0.2, 0.25) is 0 Å². The van der Waals surface area contributed by atoms with E-state index in [0.29, 0.717) is 11.3 Å². The number of aliphatic hydroxyl groups is 1. The highest BCUT2D eigenvalue weighted by molar-refractivity contribution is 6.04. The second-order valence-corrected chi connectivity index (χ2v) is 11.4. The van der Waals surface area contributed by atoms with Gasteiger partial charge in [-0.15, -0.1) is 0 Å². The third-order valence-corrected chi connectivity index (χ3v) is 8.24. The van der Waals surface area contributed by atoms with Crippen LogP contribution in [0.3, 0.4) is 0 Å². The average Bonchev–Trinajstić information content (AvgIpc) is 3.06. The molecule has 7 nitrogen and oxygen atoms in total. The van der Waals surface area contributed by atoms with Gasteiger partial charge in [0, 0.05) is 62.5 Å². The van der Waals surface area contributed by atoms with Crippen LogP contribution in [0.2, 0.25) is 0 Å². The standard InChI is InChI=1S/C36H39N3O4/c40-26-28-14-16-29(17-15-28)34-23-33(25-39-20-18-38(19-21-39)24-27-8-3-1-4-9-27)42-36(43-34)31-12-7-13-32(22-31)37-35(41)30-10-5-2-6-11-30/h1-17,22,33-34,36,40H,18-21,23-26H2,(H,37,41). The molecule has 7 heteroatoms. The minimum absolute atomic E-state index is 0.0118. The zero-order valence-corrected chi connectivity index (χ0v) is 24.3. The molecule has 0 bridgehead atoms. The van der Waals surface area contributed by atoms with Crippen LogP contribution in [0.25, 0.3) is 0 Å². The first kappa shape index (κ1) is 29.2. The van der Waals surface area contributed by atoms with E-state index in [1.165, 1.54) is 5.56 Å². The lowest BCUT2D eigenvalue weighted by Crippen LogP contribution is -2.49. The molecule has 2 N–H and O–H groups in total. The Bertz CT molecular complexity index is 1460. The lowest BCUT2D eigenvalue weighted by molar-refractivity contribution is -0.253. The number of anilines is 1. The van der Waals surface area contributed by atoms with E-state index in [4.69, 9.17) is 9.47 Å². The number of carbonyl (C=O) groups excluding carboxylic acids is 1. The fraction of sp³-hybridized carbons (Fsp3) is 0.306. The molecule has 222 valence electrons. The van der Waals surface area contributed by atoms with Gasteiger partial charge in [0.1, 0.15) is 0 Å². The molecule has 3 atom stereocenters. The monoisotopic (exact) mass is 577 g/mol. The van der Waals surface area contributed by atoms with Crippen molar-refractivity contribution in [3.63, 3.8) is 0 Å². The van der Waals surface area contributed by atoms with Crippen molar-refractivity contribution in [3.05, 3.63) is 137 Å². The number of piperazine rings is 1. The number of aliphatic hydroxyl groups excluding tert-OH is 1. The Morgan fingerprint density at radius 3 is 2.16 bits per heavy atom. The molecule has 3 unspecified atom stereocenters. The maximum absolute atomic E-state index is 12.8. The smallest absolute Gasteiger partial charge is 0.255 e. The number of hydrogen-bond acceptors (Lipinski definition) is 6. The van der Waals surface area contributed by atoms with Crippen molar-refractivity contribution in [2.24, 2.45) is 0 Å². The highest BCUT2D eigenvalue weighted by atomic mass is 16.7. The van der Waals surface area contributed by atoms with E-state index in [0.717, 1.165) is 62.4 Å². The number of nitrogens with one attached hydrogen (secondary N) is 1. The Kier molecular flexibility index (Phi) is 9.57. The van der Waals surface area contributed by atoms with Crippen molar-refractivity contribution in [2.75, 3.05) is 38.0 Å². The number of benzene rings is 4. The summed E-state index contributed by atoms with van der Waals surface area (Å²) in [5.74, 6) is -0.158. The minimum Gasteiger partial charge on any atom is -0.392 e. The number of nitrogens with zero attached hydrogens (tertiary/aromatic N) is 2. The average molecular weight is 578 g/mol. The number of ether oxygens (including phenoxy) is 2. The van der Waals surface area contributed by atoms with Crippen LogP contribution in [0.15, 0.2) is 109 Å². The van der Waals surface area contributed by atoms with Gasteiger partial charge >= 0.3 is 0 Å². The van der Waals surface area contributed by atoms with Gasteiger partial charge in [-0.3, -0.25) is 14.6 Å². The Morgan fingerprint density at radius 1 is 0.744 bits per heavy atom. The SMILES string of the molecule is O=C(Nc1cccc(C2OC(CN3CCN(Cc4ccccc4)CC3)CC(c3ccc(CO)cc3)O2)c1)c1ccccc1. The molecular formula is C36H39N3O4. The molecule has 43 heavy (non-hydrogen) atoms. The lowest BCUT2D eigenvalue weighted by Gasteiger charge is -2.41.